The molecule has 2 aromatic rings. The van der Waals surface area contributed by atoms with Crippen LogP contribution in [0.3, 0.4) is 0 Å². The summed E-state index contributed by atoms with van der Waals surface area (Å²) in [6.45, 7) is 1.26. The van der Waals surface area contributed by atoms with Crippen LogP contribution in [0.25, 0.3) is 0 Å². The Balaban J connectivity index is 1.30. The zero-order valence-corrected chi connectivity index (χ0v) is 17.5. The number of nitrogens with one attached hydrogen (secondary N) is 1. The first-order valence-corrected chi connectivity index (χ1v) is 10.8. The lowest BCUT2D eigenvalue weighted by atomic mass is 9.59. The van der Waals surface area contributed by atoms with Gasteiger partial charge in [0, 0.05) is 38.8 Å². The number of carbonyl (C=O) groups excluding carboxylic acids is 2. The van der Waals surface area contributed by atoms with E-state index in [1.54, 1.807) is 30.3 Å². The zero-order chi connectivity index (χ0) is 21.1. The molecule has 0 radical (unpaired) electrons. The number of hydrogen-bond acceptors (Lipinski definition) is 3. The van der Waals surface area contributed by atoms with E-state index in [0.29, 0.717) is 19.5 Å². The van der Waals surface area contributed by atoms with Gasteiger partial charge in [-0.25, -0.2) is 0 Å². The van der Waals surface area contributed by atoms with Crippen molar-refractivity contribution < 1.29 is 9.59 Å². The van der Waals surface area contributed by atoms with E-state index in [1.165, 1.54) is 10.1 Å². The number of likely N-dealkylation sites (tertiary alicyclic amines) is 1. The number of hydrogen-bond donors (Lipinski definition) is 1. The second-order valence-corrected chi connectivity index (χ2v) is 8.64. The molecule has 1 spiro atoms. The lowest BCUT2D eigenvalue weighted by Crippen LogP contribution is -2.59. The van der Waals surface area contributed by atoms with Gasteiger partial charge in [-0.05, 0) is 55.2 Å². The monoisotopic (exact) mass is 407 g/mol. The summed E-state index contributed by atoms with van der Waals surface area (Å²) >= 11 is 0. The molecule has 1 saturated heterocycles. The molecule has 1 aliphatic heterocycles. The molecule has 30 heavy (non-hydrogen) atoms. The highest BCUT2D eigenvalue weighted by Crippen LogP contribution is 2.49. The Morgan fingerprint density at radius 3 is 2.47 bits per heavy atom. The Kier molecular flexibility index (Phi) is 5.75. The molecule has 2 fully saturated rings. The normalized spacial score (nSPS) is 19.9. The van der Waals surface area contributed by atoms with Gasteiger partial charge in [-0.2, -0.15) is 0 Å². The molecule has 1 unspecified atom stereocenters. The van der Waals surface area contributed by atoms with Crippen molar-refractivity contribution in [3.05, 3.63) is 70.1 Å². The van der Waals surface area contributed by atoms with Crippen LogP contribution in [0.4, 0.5) is 0 Å². The summed E-state index contributed by atoms with van der Waals surface area (Å²) in [5.41, 5.74) is 1.25. The molecule has 1 saturated carbocycles. The molecule has 0 bridgehead atoms. The Morgan fingerprint density at radius 2 is 1.80 bits per heavy atom. The largest absolute Gasteiger partial charge is 0.353 e. The molecular weight excluding hydrogens is 378 g/mol. The van der Waals surface area contributed by atoms with Crippen molar-refractivity contribution in [3.63, 3.8) is 0 Å². The molecule has 6 heteroatoms. The lowest BCUT2D eigenvalue weighted by Gasteiger charge is -2.54. The number of piperidine rings is 1. The highest BCUT2D eigenvalue weighted by molar-refractivity contribution is 5.93. The summed E-state index contributed by atoms with van der Waals surface area (Å²) in [6.07, 6.45) is 6.74. The molecule has 4 rings (SSSR count). The van der Waals surface area contributed by atoms with Gasteiger partial charge in [0.05, 0.1) is 0 Å². The quantitative estimate of drug-likeness (QED) is 0.828. The summed E-state index contributed by atoms with van der Waals surface area (Å²) in [6, 6.07) is 13.6. The molecule has 2 heterocycles. The van der Waals surface area contributed by atoms with E-state index in [4.69, 9.17) is 0 Å². The Hall–Kier alpha value is -2.89. The highest BCUT2D eigenvalue weighted by atomic mass is 16.2. The van der Waals surface area contributed by atoms with Crippen LogP contribution in [0.15, 0.2) is 53.5 Å². The molecule has 1 aliphatic carbocycles. The lowest BCUT2D eigenvalue weighted by molar-refractivity contribution is -0.125. The van der Waals surface area contributed by atoms with Gasteiger partial charge in [0.25, 0.3) is 11.5 Å². The van der Waals surface area contributed by atoms with Crippen molar-refractivity contribution in [1.82, 2.24) is 14.8 Å². The predicted octanol–water partition coefficient (Wildman–Crippen LogP) is 2.52. The number of benzene rings is 1. The molecule has 1 aromatic heterocycles. The van der Waals surface area contributed by atoms with E-state index in [2.05, 4.69) is 5.32 Å². The van der Waals surface area contributed by atoms with Crippen LogP contribution in [-0.4, -0.2) is 40.4 Å². The SMILES string of the molecule is Cn1cccc(C(=O)N2CCC3(CCC3NC(=O)CCc3ccccc3)CC2)c1=O. The summed E-state index contributed by atoms with van der Waals surface area (Å²) < 4.78 is 1.44. The summed E-state index contributed by atoms with van der Waals surface area (Å²) in [5.74, 6) is -0.0805. The second-order valence-electron chi connectivity index (χ2n) is 8.64. The fourth-order valence-electron chi connectivity index (χ4n) is 4.78. The first kappa shape index (κ1) is 20.4. The number of aryl methyl sites for hydroxylation is 2. The fourth-order valence-corrected chi connectivity index (χ4v) is 4.78. The van der Waals surface area contributed by atoms with Gasteiger partial charge in [-0.1, -0.05) is 30.3 Å². The van der Waals surface area contributed by atoms with Crippen molar-refractivity contribution in [2.45, 2.75) is 44.6 Å². The predicted molar refractivity (Wildman–Crippen MR) is 115 cm³/mol. The minimum atomic E-state index is -0.255. The standard InChI is InChI=1S/C24H29N3O3/c1-26-15-5-8-19(22(26)29)23(30)27-16-13-24(14-17-27)12-11-20(24)25-21(28)10-9-18-6-3-2-4-7-18/h2-8,15,20H,9-14,16-17H2,1H3,(H,25,28). The maximum Gasteiger partial charge on any atom is 0.263 e. The third-order valence-electron chi connectivity index (χ3n) is 6.89. The molecule has 158 valence electrons. The Morgan fingerprint density at radius 1 is 1.07 bits per heavy atom. The average Bonchev–Trinajstić information content (AvgIpc) is 2.77. The van der Waals surface area contributed by atoms with Crippen molar-refractivity contribution in [2.24, 2.45) is 12.5 Å². The number of aromatic nitrogens is 1. The molecule has 2 amide bonds. The van der Waals surface area contributed by atoms with Crippen LogP contribution in [0.2, 0.25) is 0 Å². The summed E-state index contributed by atoms with van der Waals surface area (Å²) in [5, 5.41) is 3.24. The van der Waals surface area contributed by atoms with Gasteiger partial charge >= 0.3 is 0 Å². The maximum atomic E-state index is 12.8. The average molecular weight is 408 g/mol. The first-order chi connectivity index (χ1) is 14.5. The zero-order valence-electron chi connectivity index (χ0n) is 17.5. The van der Waals surface area contributed by atoms with E-state index >= 15 is 0 Å². The van der Waals surface area contributed by atoms with Crippen LogP contribution in [0.1, 0.15) is 48.0 Å². The molecular formula is C24H29N3O3. The van der Waals surface area contributed by atoms with Gasteiger partial charge in [0.2, 0.25) is 5.91 Å². The van der Waals surface area contributed by atoms with Gasteiger partial charge in [-0.15, -0.1) is 0 Å². The number of carbonyl (C=O) groups is 2. The van der Waals surface area contributed by atoms with Crippen LogP contribution in [0.5, 0.6) is 0 Å². The van der Waals surface area contributed by atoms with Crippen LogP contribution in [-0.2, 0) is 18.3 Å². The first-order valence-electron chi connectivity index (χ1n) is 10.8. The fraction of sp³-hybridized carbons (Fsp3) is 0.458. The second kappa shape index (κ2) is 8.46. The van der Waals surface area contributed by atoms with Crippen LogP contribution < -0.4 is 10.9 Å². The number of nitrogens with zero attached hydrogens (tertiary/aromatic N) is 2. The molecule has 1 N–H and O–H groups in total. The van der Waals surface area contributed by atoms with Crippen molar-refractivity contribution in [2.75, 3.05) is 13.1 Å². The van der Waals surface area contributed by atoms with E-state index in [0.717, 1.165) is 32.1 Å². The van der Waals surface area contributed by atoms with Gasteiger partial charge in [0.1, 0.15) is 5.56 Å². The van der Waals surface area contributed by atoms with E-state index in [1.807, 2.05) is 30.3 Å². The van der Waals surface area contributed by atoms with Gasteiger partial charge in [0.15, 0.2) is 0 Å². The van der Waals surface area contributed by atoms with Crippen molar-refractivity contribution in [1.29, 1.82) is 0 Å². The molecule has 1 atom stereocenters. The van der Waals surface area contributed by atoms with Crippen LogP contribution >= 0.6 is 0 Å². The third kappa shape index (κ3) is 4.04. The molecule has 2 aliphatic rings. The number of pyridine rings is 1. The summed E-state index contributed by atoms with van der Waals surface area (Å²) in [7, 11) is 1.66. The maximum absolute atomic E-state index is 12.8. The highest BCUT2D eigenvalue weighted by Gasteiger charge is 2.49. The minimum Gasteiger partial charge on any atom is -0.353 e. The van der Waals surface area contributed by atoms with E-state index in [9.17, 15) is 14.4 Å². The van der Waals surface area contributed by atoms with Gasteiger partial charge in [-0.3, -0.25) is 14.4 Å². The smallest absolute Gasteiger partial charge is 0.263 e. The number of amides is 2. The number of rotatable bonds is 5. The van der Waals surface area contributed by atoms with Crippen molar-refractivity contribution >= 4 is 11.8 Å². The Labute approximate surface area is 176 Å². The van der Waals surface area contributed by atoms with Crippen LogP contribution in [0, 0.1) is 5.41 Å². The Bertz CT molecular complexity index is 975. The summed E-state index contributed by atoms with van der Waals surface area (Å²) in [4.78, 5) is 39.3. The van der Waals surface area contributed by atoms with E-state index in [-0.39, 0.29) is 34.4 Å². The van der Waals surface area contributed by atoms with Crippen molar-refractivity contribution in [3.8, 4) is 0 Å². The topological polar surface area (TPSA) is 71.4 Å². The minimum absolute atomic E-state index is 0.0981. The molecule has 6 nitrogen and oxygen atoms in total. The molecule has 1 aromatic carbocycles. The third-order valence-corrected chi connectivity index (χ3v) is 6.89. The van der Waals surface area contributed by atoms with E-state index < -0.39 is 0 Å². The van der Waals surface area contributed by atoms with Gasteiger partial charge < -0.3 is 14.8 Å².